The minimum atomic E-state index is -0.277. The molecule has 0 aliphatic heterocycles. The molecule has 1 aromatic heterocycles. The maximum atomic E-state index is 12.1. The van der Waals surface area contributed by atoms with Crippen molar-refractivity contribution in [1.82, 2.24) is 15.6 Å². The molecular formula is C19H24Cl2N4O. The van der Waals surface area contributed by atoms with Crippen molar-refractivity contribution in [1.29, 1.82) is 0 Å². The summed E-state index contributed by atoms with van der Waals surface area (Å²) >= 11 is 12.2. The Morgan fingerprint density at radius 3 is 2.54 bits per heavy atom. The molecule has 0 radical (unpaired) electrons. The van der Waals surface area contributed by atoms with E-state index in [2.05, 4.69) is 34.4 Å². The third-order valence-corrected chi connectivity index (χ3v) is 4.98. The first-order valence-electron chi connectivity index (χ1n) is 8.64. The standard InChI is InChI=1S/C19H24Cl2N4O/c1-4-25(5-2)17-10-9-14(11-22-17)12-23-19(26)24-13(3)15-7-6-8-16(20)18(15)21/h6-11,13H,4-5,12H2,1-3H3,(H2,23,24,26). The SMILES string of the molecule is CCN(CC)c1ccc(CNC(=O)NC(C)c2cccc(Cl)c2Cl)cn1. The van der Waals surface area contributed by atoms with E-state index in [0.29, 0.717) is 16.6 Å². The lowest BCUT2D eigenvalue weighted by atomic mass is 10.1. The minimum absolute atomic E-state index is 0.260. The van der Waals surface area contributed by atoms with E-state index in [4.69, 9.17) is 23.2 Å². The van der Waals surface area contributed by atoms with E-state index >= 15 is 0 Å². The molecule has 0 saturated carbocycles. The van der Waals surface area contributed by atoms with Gasteiger partial charge in [-0.1, -0.05) is 41.4 Å². The van der Waals surface area contributed by atoms with Crippen LogP contribution in [-0.2, 0) is 6.54 Å². The van der Waals surface area contributed by atoms with Gasteiger partial charge in [0.15, 0.2) is 0 Å². The first-order valence-corrected chi connectivity index (χ1v) is 9.40. The molecule has 140 valence electrons. The highest BCUT2D eigenvalue weighted by atomic mass is 35.5. The summed E-state index contributed by atoms with van der Waals surface area (Å²) in [4.78, 5) is 18.8. The number of hydrogen-bond donors (Lipinski definition) is 2. The van der Waals surface area contributed by atoms with Gasteiger partial charge in [0.25, 0.3) is 0 Å². The third kappa shape index (κ3) is 5.26. The van der Waals surface area contributed by atoms with E-state index in [9.17, 15) is 4.79 Å². The highest BCUT2D eigenvalue weighted by Gasteiger charge is 2.14. The van der Waals surface area contributed by atoms with Crippen molar-refractivity contribution in [2.24, 2.45) is 0 Å². The van der Waals surface area contributed by atoms with Crippen molar-refractivity contribution >= 4 is 35.1 Å². The van der Waals surface area contributed by atoms with Crippen molar-refractivity contribution in [2.75, 3.05) is 18.0 Å². The van der Waals surface area contributed by atoms with Crippen molar-refractivity contribution < 1.29 is 4.79 Å². The van der Waals surface area contributed by atoms with Crippen LogP contribution >= 0.6 is 23.2 Å². The van der Waals surface area contributed by atoms with Crippen LogP contribution in [0.2, 0.25) is 10.0 Å². The van der Waals surface area contributed by atoms with Gasteiger partial charge in [0.1, 0.15) is 5.82 Å². The van der Waals surface area contributed by atoms with Gasteiger partial charge in [-0.25, -0.2) is 9.78 Å². The molecule has 0 saturated heterocycles. The van der Waals surface area contributed by atoms with E-state index in [1.54, 1.807) is 12.3 Å². The second kappa shape index (κ2) is 9.64. The molecule has 1 unspecified atom stereocenters. The molecule has 5 nitrogen and oxygen atoms in total. The molecule has 2 rings (SSSR count). The number of halogens is 2. The second-order valence-corrected chi connectivity index (χ2v) is 6.67. The fourth-order valence-corrected chi connectivity index (χ4v) is 3.09. The van der Waals surface area contributed by atoms with Gasteiger partial charge in [-0.05, 0) is 44.0 Å². The summed E-state index contributed by atoms with van der Waals surface area (Å²) in [6.45, 7) is 8.27. The van der Waals surface area contributed by atoms with Crippen LogP contribution in [0.15, 0.2) is 36.5 Å². The number of amides is 2. The Labute approximate surface area is 164 Å². The average Bonchev–Trinajstić information content (AvgIpc) is 2.64. The number of benzene rings is 1. The summed E-state index contributed by atoms with van der Waals surface area (Å²) in [6.07, 6.45) is 1.78. The predicted octanol–water partition coefficient (Wildman–Crippen LogP) is 4.80. The zero-order chi connectivity index (χ0) is 19.1. The monoisotopic (exact) mass is 394 g/mol. The molecule has 0 aliphatic rings. The topological polar surface area (TPSA) is 57.3 Å². The molecule has 26 heavy (non-hydrogen) atoms. The number of nitrogens with one attached hydrogen (secondary N) is 2. The van der Waals surface area contributed by atoms with Crippen LogP contribution < -0.4 is 15.5 Å². The molecule has 2 amide bonds. The predicted molar refractivity (Wildman–Crippen MR) is 108 cm³/mol. The highest BCUT2D eigenvalue weighted by Crippen LogP contribution is 2.29. The molecule has 0 spiro atoms. The number of urea groups is 1. The Hall–Kier alpha value is -1.98. The fourth-order valence-electron chi connectivity index (χ4n) is 2.62. The van der Waals surface area contributed by atoms with Crippen molar-refractivity contribution in [2.45, 2.75) is 33.4 Å². The maximum absolute atomic E-state index is 12.1. The lowest BCUT2D eigenvalue weighted by Crippen LogP contribution is -2.36. The van der Waals surface area contributed by atoms with Crippen LogP contribution in [0.3, 0.4) is 0 Å². The van der Waals surface area contributed by atoms with Gasteiger partial charge in [0.05, 0.1) is 16.1 Å². The molecular weight excluding hydrogens is 371 g/mol. The second-order valence-electron chi connectivity index (χ2n) is 5.89. The van der Waals surface area contributed by atoms with Gasteiger partial charge in [-0.2, -0.15) is 0 Å². The minimum Gasteiger partial charge on any atom is -0.357 e. The number of carbonyl (C=O) groups excluding carboxylic acids is 1. The molecule has 1 aromatic carbocycles. The summed E-state index contributed by atoms with van der Waals surface area (Å²) in [5.74, 6) is 0.937. The summed E-state index contributed by atoms with van der Waals surface area (Å²) in [5, 5.41) is 6.62. The van der Waals surface area contributed by atoms with Crippen LogP contribution in [0, 0.1) is 0 Å². The largest absolute Gasteiger partial charge is 0.357 e. The number of nitrogens with zero attached hydrogens (tertiary/aromatic N) is 2. The van der Waals surface area contributed by atoms with Crippen molar-refractivity contribution in [3.8, 4) is 0 Å². The zero-order valence-electron chi connectivity index (χ0n) is 15.2. The average molecular weight is 395 g/mol. The molecule has 2 aromatic rings. The van der Waals surface area contributed by atoms with E-state index in [-0.39, 0.29) is 12.1 Å². The van der Waals surface area contributed by atoms with E-state index in [1.165, 1.54) is 0 Å². The Morgan fingerprint density at radius 2 is 1.92 bits per heavy atom. The van der Waals surface area contributed by atoms with E-state index in [0.717, 1.165) is 30.0 Å². The molecule has 0 fully saturated rings. The van der Waals surface area contributed by atoms with Crippen LogP contribution in [0.1, 0.15) is 37.9 Å². The summed E-state index contributed by atoms with van der Waals surface area (Å²) in [7, 11) is 0. The number of anilines is 1. The maximum Gasteiger partial charge on any atom is 0.315 e. The number of hydrogen-bond acceptors (Lipinski definition) is 3. The van der Waals surface area contributed by atoms with Gasteiger partial charge < -0.3 is 15.5 Å². The number of pyridine rings is 1. The molecule has 1 atom stereocenters. The Bertz CT molecular complexity index is 733. The lowest BCUT2D eigenvalue weighted by molar-refractivity contribution is 0.237. The third-order valence-electron chi connectivity index (χ3n) is 4.15. The van der Waals surface area contributed by atoms with Crippen LogP contribution in [0.5, 0.6) is 0 Å². The van der Waals surface area contributed by atoms with E-state index < -0.39 is 0 Å². The summed E-state index contributed by atoms with van der Waals surface area (Å²) in [5.41, 5.74) is 1.71. The summed E-state index contributed by atoms with van der Waals surface area (Å²) in [6, 6.07) is 8.77. The molecule has 2 N–H and O–H groups in total. The van der Waals surface area contributed by atoms with Gasteiger partial charge in [0, 0.05) is 25.8 Å². The van der Waals surface area contributed by atoms with Gasteiger partial charge in [-0.15, -0.1) is 0 Å². The van der Waals surface area contributed by atoms with Crippen LogP contribution in [-0.4, -0.2) is 24.1 Å². The first kappa shape index (κ1) is 20.3. The Kier molecular flexibility index (Phi) is 7.54. The van der Waals surface area contributed by atoms with Crippen molar-refractivity contribution in [3.05, 3.63) is 57.7 Å². The van der Waals surface area contributed by atoms with Crippen molar-refractivity contribution in [3.63, 3.8) is 0 Å². The fraction of sp³-hybridized carbons (Fsp3) is 0.368. The highest BCUT2D eigenvalue weighted by molar-refractivity contribution is 6.42. The van der Waals surface area contributed by atoms with Gasteiger partial charge in [0.2, 0.25) is 0 Å². The number of aromatic nitrogens is 1. The first-order chi connectivity index (χ1) is 12.5. The Balaban J connectivity index is 1.89. The zero-order valence-corrected chi connectivity index (χ0v) is 16.7. The normalized spacial score (nSPS) is 11.7. The lowest BCUT2D eigenvalue weighted by Gasteiger charge is -2.20. The van der Waals surface area contributed by atoms with Gasteiger partial charge >= 0.3 is 6.03 Å². The molecule has 0 aliphatic carbocycles. The van der Waals surface area contributed by atoms with Gasteiger partial charge in [-0.3, -0.25) is 0 Å². The molecule has 0 bridgehead atoms. The number of carbonyl (C=O) groups is 1. The smallest absolute Gasteiger partial charge is 0.315 e. The quantitative estimate of drug-likeness (QED) is 0.709. The van der Waals surface area contributed by atoms with E-state index in [1.807, 2.05) is 31.2 Å². The van der Waals surface area contributed by atoms with Crippen LogP contribution in [0.25, 0.3) is 0 Å². The van der Waals surface area contributed by atoms with Crippen LogP contribution in [0.4, 0.5) is 10.6 Å². The Morgan fingerprint density at radius 1 is 1.19 bits per heavy atom. The number of rotatable bonds is 7. The molecule has 7 heteroatoms. The molecule has 1 heterocycles. The summed E-state index contributed by atoms with van der Waals surface area (Å²) < 4.78 is 0.